The third kappa shape index (κ3) is 5.06. The van der Waals surface area contributed by atoms with E-state index in [0.717, 1.165) is 0 Å². The lowest BCUT2D eigenvalue weighted by Crippen LogP contribution is -2.39. The van der Waals surface area contributed by atoms with Gasteiger partial charge in [0.15, 0.2) is 0 Å². The number of amides is 1. The number of nitro groups is 1. The number of carbonyl (C=O) groups is 1. The largest absolute Gasteiger partial charge is 0.376 e. The molecule has 6 nitrogen and oxygen atoms in total. The lowest BCUT2D eigenvalue weighted by Gasteiger charge is -2.17. The molecule has 0 radical (unpaired) electrons. The summed E-state index contributed by atoms with van der Waals surface area (Å²) in [5, 5.41) is 16.8. The van der Waals surface area contributed by atoms with Crippen LogP contribution in [0.25, 0.3) is 0 Å². The summed E-state index contributed by atoms with van der Waals surface area (Å²) >= 11 is 0. The minimum Gasteiger partial charge on any atom is -0.376 e. The van der Waals surface area contributed by atoms with Crippen LogP contribution in [-0.4, -0.2) is 23.4 Å². The lowest BCUT2D eigenvalue weighted by atomic mass is 10.1. The molecule has 1 aromatic rings. The average molecular weight is 293 g/mol. The molecule has 0 spiro atoms. The quantitative estimate of drug-likeness (QED) is 0.598. The summed E-state index contributed by atoms with van der Waals surface area (Å²) in [6.07, 6.45) is 0.600. The minimum atomic E-state index is -0.398. The van der Waals surface area contributed by atoms with Crippen molar-refractivity contribution >= 4 is 17.3 Å². The molecule has 1 amide bonds. The van der Waals surface area contributed by atoms with Gasteiger partial charge in [-0.25, -0.2) is 0 Å². The molecule has 1 unspecified atom stereocenters. The van der Waals surface area contributed by atoms with Gasteiger partial charge in [0, 0.05) is 23.4 Å². The molecule has 21 heavy (non-hydrogen) atoms. The molecule has 1 atom stereocenters. The minimum absolute atomic E-state index is 0.0819. The molecule has 2 N–H and O–H groups in total. The molecule has 0 saturated carbocycles. The van der Waals surface area contributed by atoms with Gasteiger partial charge in [-0.2, -0.15) is 0 Å². The fourth-order valence-corrected chi connectivity index (χ4v) is 1.80. The van der Waals surface area contributed by atoms with Crippen molar-refractivity contribution in [1.82, 2.24) is 5.32 Å². The highest BCUT2D eigenvalue weighted by molar-refractivity contribution is 5.81. The molecular weight excluding hydrogens is 270 g/mol. The topological polar surface area (TPSA) is 84.3 Å². The molecule has 1 aromatic carbocycles. The van der Waals surface area contributed by atoms with E-state index in [-0.39, 0.29) is 24.2 Å². The molecular formula is C15H23N3O3. The normalized spacial score (nSPS) is 12.0. The lowest BCUT2D eigenvalue weighted by molar-refractivity contribution is -0.385. The SMILES string of the molecule is CCc1ccc(NCC(=O)NC(C)C(C)C)cc1[N+](=O)[O-]. The summed E-state index contributed by atoms with van der Waals surface area (Å²) in [4.78, 5) is 22.4. The highest BCUT2D eigenvalue weighted by atomic mass is 16.6. The first kappa shape index (κ1) is 16.9. The summed E-state index contributed by atoms with van der Waals surface area (Å²) in [5.74, 6) is 0.234. The van der Waals surface area contributed by atoms with Crippen molar-refractivity contribution < 1.29 is 9.72 Å². The fourth-order valence-electron chi connectivity index (χ4n) is 1.80. The number of nitro benzene ring substituents is 1. The van der Waals surface area contributed by atoms with Crippen molar-refractivity contribution in [3.8, 4) is 0 Å². The Morgan fingerprint density at radius 2 is 2.00 bits per heavy atom. The van der Waals surface area contributed by atoms with Gasteiger partial charge in [-0.3, -0.25) is 14.9 Å². The Bertz CT molecular complexity index is 515. The van der Waals surface area contributed by atoms with Crippen LogP contribution in [0.1, 0.15) is 33.3 Å². The van der Waals surface area contributed by atoms with Crippen molar-refractivity contribution in [3.63, 3.8) is 0 Å². The Morgan fingerprint density at radius 3 is 2.52 bits per heavy atom. The van der Waals surface area contributed by atoms with Gasteiger partial charge < -0.3 is 10.6 Å². The number of nitrogens with one attached hydrogen (secondary N) is 2. The second-order valence-corrected chi connectivity index (χ2v) is 5.41. The number of hydrogen-bond donors (Lipinski definition) is 2. The van der Waals surface area contributed by atoms with Crippen molar-refractivity contribution in [2.45, 2.75) is 40.2 Å². The van der Waals surface area contributed by atoms with Crippen LogP contribution in [-0.2, 0) is 11.2 Å². The van der Waals surface area contributed by atoms with E-state index in [4.69, 9.17) is 0 Å². The van der Waals surface area contributed by atoms with Gasteiger partial charge >= 0.3 is 0 Å². The molecule has 6 heteroatoms. The molecule has 116 valence electrons. The fraction of sp³-hybridized carbons (Fsp3) is 0.533. The molecule has 0 aliphatic carbocycles. The number of anilines is 1. The zero-order valence-electron chi connectivity index (χ0n) is 13.0. The predicted molar refractivity (Wildman–Crippen MR) is 83.4 cm³/mol. The van der Waals surface area contributed by atoms with E-state index >= 15 is 0 Å². The van der Waals surface area contributed by atoms with Crippen molar-refractivity contribution in [2.75, 3.05) is 11.9 Å². The average Bonchev–Trinajstić information content (AvgIpc) is 2.44. The van der Waals surface area contributed by atoms with Crippen LogP contribution in [0.4, 0.5) is 11.4 Å². The zero-order chi connectivity index (χ0) is 16.0. The highest BCUT2D eigenvalue weighted by Crippen LogP contribution is 2.23. The van der Waals surface area contributed by atoms with Crippen LogP contribution in [0.2, 0.25) is 0 Å². The van der Waals surface area contributed by atoms with Crippen LogP contribution in [0.5, 0.6) is 0 Å². The standard InChI is InChI=1S/C15H23N3O3/c1-5-12-6-7-13(8-14(12)18(20)21)16-9-15(19)17-11(4)10(2)3/h6-8,10-11,16H,5,9H2,1-4H3,(H,17,19). The van der Waals surface area contributed by atoms with Crippen molar-refractivity contribution in [3.05, 3.63) is 33.9 Å². The van der Waals surface area contributed by atoms with Crippen LogP contribution >= 0.6 is 0 Å². The van der Waals surface area contributed by atoms with Gasteiger partial charge in [0.25, 0.3) is 5.69 Å². The monoisotopic (exact) mass is 293 g/mol. The van der Waals surface area contributed by atoms with E-state index in [2.05, 4.69) is 10.6 Å². The zero-order valence-corrected chi connectivity index (χ0v) is 13.0. The van der Waals surface area contributed by atoms with Crippen LogP contribution in [0, 0.1) is 16.0 Å². The number of carbonyl (C=O) groups excluding carboxylic acids is 1. The molecule has 0 bridgehead atoms. The highest BCUT2D eigenvalue weighted by Gasteiger charge is 2.14. The Morgan fingerprint density at radius 1 is 1.33 bits per heavy atom. The smallest absolute Gasteiger partial charge is 0.274 e. The Labute approximate surface area is 125 Å². The Hall–Kier alpha value is -2.11. The number of hydrogen-bond acceptors (Lipinski definition) is 4. The maximum Gasteiger partial charge on any atom is 0.274 e. The molecule has 0 saturated heterocycles. The molecule has 1 rings (SSSR count). The molecule has 0 aliphatic rings. The molecule has 0 aliphatic heterocycles. The van der Waals surface area contributed by atoms with Crippen molar-refractivity contribution in [2.24, 2.45) is 5.92 Å². The first-order valence-corrected chi connectivity index (χ1v) is 7.15. The van der Waals surface area contributed by atoms with Gasteiger partial charge in [0.2, 0.25) is 5.91 Å². The number of rotatable bonds is 7. The summed E-state index contributed by atoms with van der Waals surface area (Å²) in [5.41, 5.74) is 1.34. The van der Waals surface area contributed by atoms with Gasteiger partial charge in [0.05, 0.1) is 11.5 Å². The Balaban J connectivity index is 2.66. The molecule has 0 fully saturated rings. The summed E-state index contributed by atoms with van der Waals surface area (Å²) in [6.45, 7) is 7.98. The summed E-state index contributed by atoms with van der Waals surface area (Å²) in [6, 6.07) is 5.04. The van der Waals surface area contributed by atoms with Crippen LogP contribution < -0.4 is 10.6 Å². The number of aryl methyl sites for hydroxylation is 1. The van der Waals surface area contributed by atoms with Crippen LogP contribution in [0.15, 0.2) is 18.2 Å². The molecule has 0 heterocycles. The van der Waals surface area contributed by atoms with E-state index in [1.54, 1.807) is 12.1 Å². The summed E-state index contributed by atoms with van der Waals surface area (Å²) in [7, 11) is 0. The van der Waals surface area contributed by atoms with Gasteiger partial charge in [-0.1, -0.05) is 26.8 Å². The second kappa shape index (κ2) is 7.61. The van der Waals surface area contributed by atoms with E-state index in [1.165, 1.54) is 6.07 Å². The summed E-state index contributed by atoms with van der Waals surface area (Å²) < 4.78 is 0. The maximum absolute atomic E-state index is 11.8. The van der Waals surface area contributed by atoms with Gasteiger partial charge in [0.1, 0.15) is 0 Å². The van der Waals surface area contributed by atoms with E-state index in [9.17, 15) is 14.9 Å². The first-order valence-electron chi connectivity index (χ1n) is 7.15. The Kier molecular flexibility index (Phi) is 6.14. The number of nitrogens with zero attached hydrogens (tertiary/aromatic N) is 1. The van der Waals surface area contributed by atoms with E-state index < -0.39 is 4.92 Å². The third-order valence-corrected chi connectivity index (χ3v) is 3.50. The van der Waals surface area contributed by atoms with E-state index in [1.807, 2.05) is 27.7 Å². The second-order valence-electron chi connectivity index (χ2n) is 5.41. The predicted octanol–water partition coefficient (Wildman–Crippen LogP) is 2.73. The van der Waals surface area contributed by atoms with Gasteiger partial charge in [-0.05, 0) is 25.3 Å². The maximum atomic E-state index is 11.8. The number of benzene rings is 1. The van der Waals surface area contributed by atoms with Crippen molar-refractivity contribution in [1.29, 1.82) is 0 Å². The molecule has 0 aromatic heterocycles. The first-order chi connectivity index (χ1) is 9.85. The third-order valence-electron chi connectivity index (χ3n) is 3.50. The van der Waals surface area contributed by atoms with Gasteiger partial charge in [-0.15, -0.1) is 0 Å². The van der Waals surface area contributed by atoms with Crippen LogP contribution in [0.3, 0.4) is 0 Å². The van der Waals surface area contributed by atoms with E-state index in [0.29, 0.717) is 23.6 Å².